The molecule has 0 fully saturated rings. The molecule has 2 rings (SSSR count). The Hall–Kier alpha value is -1.02. The lowest BCUT2D eigenvalue weighted by Crippen LogP contribution is -2.19. The van der Waals surface area contributed by atoms with Gasteiger partial charge in [-0.05, 0) is 25.0 Å². The average molecular weight is 163 g/mol. The summed E-state index contributed by atoms with van der Waals surface area (Å²) in [5.74, 6) is 0. The molecule has 12 heavy (non-hydrogen) atoms. The van der Waals surface area contributed by atoms with E-state index in [2.05, 4.69) is 30.4 Å². The van der Waals surface area contributed by atoms with Gasteiger partial charge in [0.25, 0.3) is 0 Å². The van der Waals surface area contributed by atoms with Gasteiger partial charge in [0.15, 0.2) is 0 Å². The minimum Gasteiger partial charge on any atom is -0.394 e. The van der Waals surface area contributed by atoms with E-state index in [4.69, 9.17) is 5.11 Å². The lowest BCUT2D eigenvalue weighted by Gasteiger charge is -2.04. The lowest BCUT2D eigenvalue weighted by atomic mass is 10.1. The monoisotopic (exact) mass is 163 g/mol. The number of benzene rings is 1. The van der Waals surface area contributed by atoms with Gasteiger partial charge in [-0.15, -0.1) is 0 Å². The van der Waals surface area contributed by atoms with E-state index in [9.17, 15) is 0 Å². The van der Waals surface area contributed by atoms with Gasteiger partial charge in [0, 0.05) is 5.69 Å². The Morgan fingerprint density at radius 3 is 3.17 bits per heavy atom. The zero-order chi connectivity index (χ0) is 8.55. The number of anilines is 1. The molecule has 1 heterocycles. The molecule has 1 atom stereocenters. The van der Waals surface area contributed by atoms with Crippen molar-refractivity contribution in [3.05, 3.63) is 29.3 Å². The number of nitrogens with one attached hydrogen (secondary N) is 1. The van der Waals surface area contributed by atoms with E-state index < -0.39 is 0 Å². The van der Waals surface area contributed by atoms with Crippen LogP contribution >= 0.6 is 0 Å². The van der Waals surface area contributed by atoms with E-state index in [0.717, 1.165) is 6.42 Å². The Bertz CT molecular complexity index is 296. The number of hydrogen-bond donors (Lipinski definition) is 2. The summed E-state index contributed by atoms with van der Waals surface area (Å²) in [6.45, 7) is 2.31. The molecule has 0 aromatic heterocycles. The average Bonchev–Trinajstić information content (AvgIpc) is 2.46. The Kier molecular flexibility index (Phi) is 1.77. The highest BCUT2D eigenvalue weighted by atomic mass is 16.3. The van der Waals surface area contributed by atoms with E-state index in [1.54, 1.807) is 0 Å². The van der Waals surface area contributed by atoms with Crippen LogP contribution in [0.25, 0.3) is 0 Å². The van der Waals surface area contributed by atoms with E-state index in [0.29, 0.717) is 0 Å². The van der Waals surface area contributed by atoms with Gasteiger partial charge in [0.05, 0.1) is 12.6 Å². The molecule has 0 spiro atoms. The number of aliphatic hydroxyl groups is 1. The summed E-state index contributed by atoms with van der Waals surface area (Å²) in [5.41, 5.74) is 3.79. The van der Waals surface area contributed by atoms with Crippen molar-refractivity contribution in [2.45, 2.75) is 19.4 Å². The molecular weight excluding hydrogens is 150 g/mol. The van der Waals surface area contributed by atoms with Gasteiger partial charge in [0.1, 0.15) is 0 Å². The third-order valence-electron chi connectivity index (χ3n) is 2.31. The van der Waals surface area contributed by atoms with Crippen LogP contribution in [0.5, 0.6) is 0 Å². The summed E-state index contributed by atoms with van der Waals surface area (Å²) < 4.78 is 0. The maximum absolute atomic E-state index is 8.94. The highest BCUT2D eigenvalue weighted by molar-refractivity contribution is 5.57. The first-order valence-corrected chi connectivity index (χ1v) is 4.26. The first-order chi connectivity index (χ1) is 5.79. The van der Waals surface area contributed by atoms with Crippen molar-refractivity contribution in [1.29, 1.82) is 0 Å². The van der Waals surface area contributed by atoms with Crippen LogP contribution in [-0.2, 0) is 6.42 Å². The second kappa shape index (κ2) is 2.79. The molecule has 1 aromatic rings. The molecule has 0 aliphatic carbocycles. The van der Waals surface area contributed by atoms with Crippen molar-refractivity contribution in [2.75, 3.05) is 11.9 Å². The smallest absolute Gasteiger partial charge is 0.0636 e. The quantitative estimate of drug-likeness (QED) is 0.654. The molecule has 0 radical (unpaired) electrons. The van der Waals surface area contributed by atoms with Crippen LogP contribution < -0.4 is 5.32 Å². The largest absolute Gasteiger partial charge is 0.394 e. The van der Waals surface area contributed by atoms with E-state index in [1.807, 2.05) is 0 Å². The summed E-state index contributed by atoms with van der Waals surface area (Å²) in [5, 5.41) is 12.2. The topological polar surface area (TPSA) is 32.3 Å². The molecule has 0 bridgehead atoms. The van der Waals surface area contributed by atoms with Gasteiger partial charge in [-0.25, -0.2) is 0 Å². The van der Waals surface area contributed by atoms with Crippen molar-refractivity contribution >= 4 is 5.69 Å². The Labute approximate surface area is 72.2 Å². The number of fused-ring (bicyclic) bond motifs is 1. The lowest BCUT2D eigenvalue weighted by molar-refractivity contribution is 0.277. The van der Waals surface area contributed by atoms with Gasteiger partial charge in [-0.2, -0.15) is 0 Å². The minimum atomic E-state index is 0.216. The number of hydrogen-bond acceptors (Lipinski definition) is 2. The molecule has 1 aliphatic heterocycles. The summed E-state index contributed by atoms with van der Waals surface area (Å²) in [6, 6.07) is 6.57. The molecule has 0 unspecified atom stereocenters. The fourth-order valence-corrected chi connectivity index (χ4v) is 1.68. The van der Waals surface area contributed by atoms with Crippen LogP contribution in [0.3, 0.4) is 0 Å². The van der Waals surface area contributed by atoms with Crippen LogP contribution in [0.2, 0.25) is 0 Å². The third kappa shape index (κ3) is 1.18. The van der Waals surface area contributed by atoms with Gasteiger partial charge in [0.2, 0.25) is 0 Å². The van der Waals surface area contributed by atoms with Gasteiger partial charge < -0.3 is 10.4 Å². The highest BCUT2D eigenvalue weighted by Gasteiger charge is 2.18. The normalized spacial score (nSPS) is 20.3. The Morgan fingerprint density at radius 2 is 2.42 bits per heavy atom. The zero-order valence-corrected chi connectivity index (χ0v) is 7.17. The molecule has 0 amide bonds. The summed E-state index contributed by atoms with van der Waals surface area (Å²) in [4.78, 5) is 0. The second-order valence-electron chi connectivity index (χ2n) is 3.39. The standard InChI is InChI=1S/C10H13NO/c1-7-2-3-10-8(4-7)5-9(6-12)11-10/h2-4,9,11-12H,5-6H2,1H3/t9-/m1/s1. The molecule has 2 heteroatoms. The molecule has 1 aromatic carbocycles. The SMILES string of the molecule is Cc1ccc2c(c1)C[C@H](CO)N2. The van der Waals surface area contributed by atoms with Crippen LogP contribution in [0.15, 0.2) is 18.2 Å². The molecular formula is C10H13NO. The summed E-state index contributed by atoms with van der Waals surface area (Å²) in [7, 11) is 0. The number of aliphatic hydroxyl groups excluding tert-OH is 1. The first kappa shape index (κ1) is 7.62. The predicted octanol–water partition coefficient (Wildman–Crippen LogP) is 1.32. The van der Waals surface area contributed by atoms with E-state index in [-0.39, 0.29) is 12.6 Å². The molecule has 0 saturated carbocycles. The van der Waals surface area contributed by atoms with Crippen molar-refractivity contribution in [3.8, 4) is 0 Å². The van der Waals surface area contributed by atoms with Crippen molar-refractivity contribution in [3.63, 3.8) is 0 Å². The maximum Gasteiger partial charge on any atom is 0.0636 e. The highest BCUT2D eigenvalue weighted by Crippen LogP contribution is 2.26. The fraction of sp³-hybridized carbons (Fsp3) is 0.400. The molecule has 0 saturated heterocycles. The zero-order valence-electron chi connectivity index (χ0n) is 7.17. The Morgan fingerprint density at radius 1 is 1.58 bits per heavy atom. The van der Waals surface area contributed by atoms with E-state index in [1.165, 1.54) is 16.8 Å². The molecule has 1 aliphatic rings. The summed E-state index contributed by atoms with van der Waals surface area (Å²) >= 11 is 0. The van der Waals surface area contributed by atoms with Crippen LogP contribution in [-0.4, -0.2) is 17.8 Å². The minimum absolute atomic E-state index is 0.216. The van der Waals surface area contributed by atoms with Crippen molar-refractivity contribution < 1.29 is 5.11 Å². The van der Waals surface area contributed by atoms with Gasteiger partial charge >= 0.3 is 0 Å². The Balaban J connectivity index is 2.30. The van der Waals surface area contributed by atoms with E-state index >= 15 is 0 Å². The fourth-order valence-electron chi connectivity index (χ4n) is 1.68. The molecule has 64 valence electrons. The number of rotatable bonds is 1. The maximum atomic E-state index is 8.94. The predicted molar refractivity (Wildman–Crippen MR) is 49.4 cm³/mol. The van der Waals surface area contributed by atoms with Crippen LogP contribution in [0, 0.1) is 6.92 Å². The van der Waals surface area contributed by atoms with Crippen molar-refractivity contribution in [2.24, 2.45) is 0 Å². The van der Waals surface area contributed by atoms with Crippen molar-refractivity contribution in [1.82, 2.24) is 0 Å². The molecule has 2 nitrogen and oxygen atoms in total. The third-order valence-corrected chi connectivity index (χ3v) is 2.31. The number of aryl methyl sites for hydroxylation is 1. The van der Waals surface area contributed by atoms with Gasteiger partial charge in [-0.3, -0.25) is 0 Å². The summed E-state index contributed by atoms with van der Waals surface area (Å²) in [6.07, 6.45) is 0.952. The van der Waals surface area contributed by atoms with Gasteiger partial charge in [-0.1, -0.05) is 17.7 Å². The molecule has 2 N–H and O–H groups in total. The first-order valence-electron chi connectivity index (χ1n) is 4.26. The van der Waals surface area contributed by atoms with Crippen LogP contribution in [0.1, 0.15) is 11.1 Å². The second-order valence-corrected chi connectivity index (χ2v) is 3.39. The van der Waals surface area contributed by atoms with Crippen LogP contribution in [0.4, 0.5) is 5.69 Å².